The van der Waals surface area contributed by atoms with Crippen molar-refractivity contribution in [2.75, 3.05) is 0 Å². The number of hydrogen-bond donors (Lipinski definition) is 0. The molecule has 0 saturated heterocycles. The quantitative estimate of drug-likeness (QED) is 0.532. The van der Waals surface area contributed by atoms with E-state index in [1.807, 2.05) is 0 Å². The zero-order chi connectivity index (χ0) is 8.91. The highest BCUT2D eigenvalue weighted by atomic mass is 14.3. The van der Waals surface area contributed by atoms with Gasteiger partial charge in [0.25, 0.3) is 0 Å². The predicted octanol–water partition coefficient (Wildman–Crippen LogP) is 4.25. The Balaban J connectivity index is 0.000000187. The summed E-state index contributed by atoms with van der Waals surface area (Å²) in [4.78, 5) is 0. The van der Waals surface area contributed by atoms with Gasteiger partial charge in [-0.1, -0.05) is 47.5 Å². The van der Waals surface area contributed by atoms with Crippen molar-refractivity contribution < 1.29 is 0 Å². The summed E-state index contributed by atoms with van der Waals surface area (Å²) in [6, 6.07) is 0. The van der Waals surface area contributed by atoms with Gasteiger partial charge in [0.15, 0.2) is 0 Å². The lowest BCUT2D eigenvalue weighted by atomic mass is 9.72. The molecule has 0 aliphatic heterocycles. The van der Waals surface area contributed by atoms with Crippen LogP contribution in [0.4, 0.5) is 0 Å². The van der Waals surface area contributed by atoms with Gasteiger partial charge in [0.05, 0.1) is 0 Å². The zero-order valence-electron chi connectivity index (χ0n) is 8.91. The van der Waals surface area contributed by atoms with Gasteiger partial charge in [0, 0.05) is 0 Å². The molecule has 0 amide bonds. The molecule has 1 aliphatic rings. The van der Waals surface area contributed by atoms with E-state index in [9.17, 15) is 0 Å². The lowest BCUT2D eigenvalue weighted by Gasteiger charge is -2.33. The first-order chi connectivity index (χ1) is 4.98. The summed E-state index contributed by atoms with van der Waals surface area (Å²) < 4.78 is 0. The minimum absolute atomic E-state index is 0.722. The molecule has 0 aromatic rings. The van der Waals surface area contributed by atoms with Gasteiger partial charge in [-0.15, -0.1) is 0 Å². The van der Waals surface area contributed by atoms with E-state index in [2.05, 4.69) is 34.6 Å². The topological polar surface area (TPSA) is 0 Å². The van der Waals surface area contributed by atoms with Gasteiger partial charge in [-0.05, 0) is 24.2 Å². The fraction of sp³-hybridized carbons (Fsp3) is 1.00. The Morgan fingerprint density at radius 1 is 1.18 bits per heavy atom. The Morgan fingerprint density at radius 3 is 1.45 bits per heavy atom. The highest BCUT2D eigenvalue weighted by Crippen LogP contribution is 2.38. The van der Waals surface area contributed by atoms with Crippen LogP contribution >= 0.6 is 0 Å². The second-order valence-electron chi connectivity index (χ2n) is 4.82. The van der Waals surface area contributed by atoms with Gasteiger partial charge in [0.1, 0.15) is 0 Å². The molecule has 11 heavy (non-hydrogen) atoms. The lowest BCUT2D eigenvalue weighted by Crippen LogP contribution is -2.20. The van der Waals surface area contributed by atoms with Crippen LogP contribution in [0.25, 0.3) is 0 Å². The van der Waals surface area contributed by atoms with Crippen molar-refractivity contribution in [2.24, 2.45) is 11.3 Å². The maximum absolute atomic E-state index is 2.33. The van der Waals surface area contributed by atoms with E-state index in [0.717, 1.165) is 11.3 Å². The molecule has 1 rings (SSSR count). The fourth-order valence-electron chi connectivity index (χ4n) is 0.884. The Morgan fingerprint density at radius 2 is 1.45 bits per heavy atom. The molecule has 1 fully saturated rings. The Kier molecular flexibility index (Phi) is 4.79. The van der Waals surface area contributed by atoms with Crippen molar-refractivity contribution >= 4 is 0 Å². The first kappa shape index (κ1) is 11.0. The molecule has 0 heterocycles. The van der Waals surface area contributed by atoms with E-state index < -0.39 is 0 Å². The summed E-state index contributed by atoms with van der Waals surface area (Å²) in [6.45, 7) is 11.3. The van der Waals surface area contributed by atoms with Crippen LogP contribution in [-0.4, -0.2) is 0 Å². The average Bonchev–Trinajstić information content (AvgIpc) is 1.86. The first-order valence-corrected chi connectivity index (χ1v) is 4.98. The smallest absolute Gasteiger partial charge is 0.0354 e. The lowest BCUT2D eigenvalue weighted by molar-refractivity contribution is 0.190. The van der Waals surface area contributed by atoms with Gasteiger partial charge < -0.3 is 0 Å². The molecule has 0 atom stereocenters. The summed E-state index contributed by atoms with van der Waals surface area (Å²) in [6.07, 6.45) is 5.67. The van der Waals surface area contributed by atoms with Crippen molar-refractivity contribution in [3.8, 4) is 0 Å². The van der Waals surface area contributed by atoms with Gasteiger partial charge in [-0.2, -0.15) is 0 Å². The normalized spacial score (nSPS) is 20.2. The molecule has 0 aromatic heterocycles. The molecule has 0 N–H and O–H groups in total. The predicted molar refractivity (Wildman–Crippen MR) is 52.8 cm³/mol. The molecule has 1 aliphatic carbocycles. The van der Waals surface area contributed by atoms with Gasteiger partial charge >= 0.3 is 0 Å². The minimum Gasteiger partial charge on any atom is -0.0651 e. The molecule has 0 radical (unpaired) electrons. The molecule has 0 heteroatoms. The Hall–Kier alpha value is 0. The monoisotopic (exact) mass is 156 g/mol. The highest BCUT2D eigenvalue weighted by Gasteiger charge is 2.24. The van der Waals surface area contributed by atoms with Crippen LogP contribution in [0.15, 0.2) is 0 Å². The fourth-order valence-corrected chi connectivity index (χ4v) is 0.884. The molecule has 1 saturated carbocycles. The van der Waals surface area contributed by atoms with E-state index in [1.165, 1.54) is 25.7 Å². The van der Waals surface area contributed by atoms with Crippen LogP contribution in [0.5, 0.6) is 0 Å². The van der Waals surface area contributed by atoms with Crippen molar-refractivity contribution in [3.63, 3.8) is 0 Å². The maximum atomic E-state index is 2.33. The SMILES string of the molecule is CC1(C)CCC1.CCC(C)C. The van der Waals surface area contributed by atoms with Crippen LogP contribution in [0.1, 0.15) is 60.3 Å². The summed E-state index contributed by atoms with van der Waals surface area (Å²) in [5.74, 6) is 0.884. The molecule has 0 aromatic carbocycles. The van der Waals surface area contributed by atoms with Gasteiger partial charge in [-0.25, -0.2) is 0 Å². The van der Waals surface area contributed by atoms with Crippen molar-refractivity contribution in [3.05, 3.63) is 0 Å². The standard InChI is InChI=1S/C6H12.C5H12/c1-6(2)4-3-5-6;1-4-5(2)3/h3-5H2,1-2H3;5H,4H2,1-3H3. The number of hydrogen-bond acceptors (Lipinski definition) is 0. The van der Waals surface area contributed by atoms with Crippen LogP contribution in [0.3, 0.4) is 0 Å². The van der Waals surface area contributed by atoms with Gasteiger partial charge in [-0.3, -0.25) is 0 Å². The Labute approximate surface area is 72.4 Å². The summed E-state index contributed by atoms with van der Waals surface area (Å²) in [5.41, 5.74) is 0.722. The van der Waals surface area contributed by atoms with Crippen molar-refractivity contribution in [1.29, 1.82) is 0 Å². The van der Waals surface area contributed by atoms with Crippen molar-refractivity contribution in [2.45, 2.75) is 60.3 Å². The van der Waals surface area contributed by atoms with Gasteiger partial charge in [0.2, 0.25) is 0 Å². The molecule has 68 valence electrons. The summed E-state index contributed by atoms with van der Waals surface area (Å²) in [7, 11) is 0. The maximum Gasteiger partial charge on any atom is -0.0354 e. The second-order valence-corrected chi connectivity index (χ2v) is 4.82. The van der Waals surface area contributed by atoms with E-state index in [-0.39, 0.29) is 0 Å². The molecule has 0 nitrogen and oxygen atoms in total. The average molecular weight is 156 g/mol. The zero-order valence-corrected chi connectivity index (χ0v) is 8.91. The van der Waals surface area contributed by atoms with Crippen molar-refractivity contribution in [1.82, 2.24) is 0 Å². The molecular weight excluding hydrogens is 132 g/mol. The molecular formula is C11H24. The van der Waals surface area contributed by atoms with E-state index in [1.54, 1.807) is 0 Å². The van der Waals surface area contributed by atoms with Crippen LogP contribution < -0.4 is 0 Å². The third-order valence-corrected chi connectivity index (χ3v) is 2.52. The highest BCUT2D eigenvalue weighted by molar-refractivity contribution is 4.77. The van der Waals surface area contributed by atoms with Crippen LogP contribution in [0.2, 0.25) is 0 Å². The molecule has 0 spiro atoms. The third-order valence-electron chi connectivity index (χ3n) is 2.52. The number of rotatable bonds is 1. The molecule has 0 bridgehead atoms. The summed E-state index contributed by atoms with van der Waals surface area (Å²) in [5, 5.41) is 0. The minimum atomic E-state index is 0.722. The second kappa shape index (κ2) is 4.79. The van der Waals surface area contributed by atoms with E-state index in [0.29, 0.717) is 0 Å². The third kappa shape index (κ3) is 6.40. The molecule has 0 unspecified atom stereocenters. The Bertz CT molecular complexity index is 84.2. The van der Waals surface area contributed by atoms with Crippen LogP contribution in [-0.2, 0) is 0 Å². The summed E-state index contributed by atoms with van der Waals surface area (Å²) >= 11 is 0. The van der Waals surface area contributed by atoms with E-state index in [4.69, 9.17) is 0 Å². The van der Waals surface area contributed by atoms with E-state index >= 15 is 0 Å². The first-order valence-electron chi connectivity index (χ1n) is 4.98. The van der Waals surface area contributed by atoms with Crippen LogP contribution in [0, 0.1) is 11.3 Å². The largest absolute Gasteiger partial charge is 0.0651 e.